The van der Waals surface area contributed by atoms with Gasteiger partial charge in [-0.25, -0.2) is 9.97 Å². The van der Waals surface area contributed by atoms with Crippen LogP contribution in [0.1, 0.15) is 11.1 Å². The van der Waals surface area contributed by atoms with E-state index in [1.54, 1.807) is 11.3 Å². The smallest absolute Gasteiger partial charge is 0.234 e. The van der Waals surface area contributed by atoms with Gasteiger partial charge in [0.25, 0.3) is 0 Å². The monoisotopic (exact) mass is 415 g/mol. The predicted octanol–water partition coefficient (Wildman–Crippen LogP) is 3.27. The van der Waals surface area contributed by atoms with Crippen molar-refractivity contribution in [2.24, 2.45) is 0 Å². The normalized spacial score (nSPS) is 14.4. The number of fused-ring (bicyclic) bond motifs is 1. The fourth-order valence-corrected chi connectivity index (χ4v) is 4.86. The molecule has 0 aliphatic carbocycles. The van der Waals surface area contributed by atoms with Crippen LogP contribution in [0.2, 0.25) is 0 Å². The number of rotatable bonds is 5. The average Bonchev–Trinajstić information content (AvgIpc) is 3.15. The number of amides is 1. The van der Waals surface area contributed by atoms with E-state index in [0.717, 1.165) is 44.8 Å². The molecule has 1 amide bonds. The summed E-state index contributed by atoms with van der Waals surface area (Å²) < 4.78 is 6.33. The first-order valence-corrected chi connectivity index (χ1v) is 10.8. The highest BCUT2D eigenvalue weighted by molar-refractivity contribution is 8.00. The van der Waals surface area contributed by atoms with Crippen molar-refractivity contribution in [3.63, 3.8) is 0 Å². The molecule has 0 radical (unpaired) electrons. The fourth-order valence-electron chi connectivity index (χ4n) is 2.92. The Morgan fingerprint density at radius 1 is 1.29 bits per heavy atom. The van der Waals surface area contributed by atoms with E-state index in [1.807, 2.05) is 32.0 Å². The van der Waals surface area contributed by atoms with Crippen LogP contribution in [-0.4, -0.2) is 52.9 Å². The Morgan fingerprint density at radius 2 is 2.11 bits per heavy atom. The first-order chi connectivity index (χ1) is 13.6. The number of nitrogens with zero attached hydrogens (tertiary/aromatic N) is 4. The summed E-state index contributed by atoms with van der Waals surface area (Å²) in [7, 11) is 0. The number of aromatic nitrogens is 3. The minimum absolute atomic E-state index is 0.0524. The summed E-state index contributed by atoms with van der Waals surface area (Å²) in [5.41, 5.74) is 3.77. The molecular formula is C19H21N5O2S2. The van der Waals surface area contributed by atoms with Gasteiger partial charge in [-0.3, -0.25) is 4.79 Å². The summed E-state index contributed by atoms with van der Waals surface area (Å²) in [6.07, 6.45) is 1.51. The SMILES string of the molecule is Cc1cccc(NC(=O)CSc2ncnc3nc(N4CCOCC4)sc23)c1C. The van der Waals surface area contributed by atoms with Crippen molar-refractivity contribution in [3.05, 3.63) is 35.7 Å². The van der Waals surface area contributed by atoms with E-state index in [4.69, 9.17) is 4.74 Å². The van der Waals surface area contributed by atoms with Gasteiger partial charge in [-0.05, 0) is 31.0 Å². The Hall–Kier alpha value is -2.23. The van der Waals surface area contributed by atoms with Crippen LogP contribution >= 0.6 is 23.1 Å². The molecule has 1 N–H and O–H groups in total. The molecule has 3 heterocycles. The molecule has 1 saturated heterocycles. The molecular weight excluding hydrogens is 394 g/mol. The molecule has 4 rings (SSSR count). The Labute approximate surface area is 171 Å². The van der Waals surface area contributed by atoms with Crippen molar-refractivity contribution in [1.29, 1.82) is 0 Å². The standard InChI is InChI=1S/C19H21N5O2S2/c1-12-4-3-5-14(13(12)2)22-15(25)10-27-18-16-17(20-11-21-18)23-19(28-16)24-6-8-26-9-7-24/h3-5,11H,6-10H2,1-2H3,(H,22,25). The number of hydrogen-bond acceptors (Lipinski definition) is 8. The third kappa shape index (κ3) is 4.11. The first kappa shape index (κ1) is 19.1. The number of hydrogen-bond donors (Lipinski definition) is 1. The summed E-state index contributed by atoms with van der Waals surface area (Å²) in [5, 5.41) is 4.71. The summed E-state index contributed by atoms with van der Waals surface area (Å²) in [5.74, 6) is 0.230. The molecule has 7 nitrogen and oxygen atoms in total. The van der Waals surface area contributed by atoms with Gasteiger partial charge in [0.1, 0.15) is 16.1 Å². The van der Waals surface area contributed by atoms with Gasteiger partial charge in [-0.2, -0.15) is 4.98 Å². The molecule has 0 saturated carbocycles. The second-order valence-electron chi connectivity index (χ2n) is 6.51. The number of benzene rings is 1. The number of morpholine rings is 1. The molecule has 1 fully saturated rings. The van der Waals surface area contributed by atoms with Crippen molar-refractivity contribution in [3.8, 4) is 0 Å². The van der Waals surface area contributed by atoms with E-state index in [-0.39, 0.29) is 11.7 Å². The quantitative estimate of drug-likeness (QED) is 0.506. The van der Waals surface area contributed by atoms with Gasteiger partial charge in [-0.15, -0.1) is 0 Å². The van der Waals surface area contributed by atoms with Gasteiger partial charge < -0.3 is 15.0 Å². The van der Waals surface area contributed by atoms with E-state index < -0.39 is 0 Å². The van der Waals surface area contributed by atoms with E-state index >= 15 is 0 Å². The predicted molar refractivity (Wildman–Crippen MR) is 114 cm³/mol. The summed E-state index contributed by atoms with van der Waals surface area (Å²) >= 11 is 2.98. The van der Waals surface area contributed by atoms with Gasteiger partial charge in [-0.1, -0.05) is 35.2 Å². The van der Waals surface area contributed by atoms with Crippen LogP contribution in [0.25, 0.3) is 10.3 Å². The van der Waals surface area contributed by atoms with Crippen LogP contribution in [0.4, 0.5) is 10.8 Å². The van der Waals surface area contributed by atoms with Gasteiger partial charge in [0.15, 0.2) is 10.8 Å². The minimum Gasteiger partial charge on any atom is -0.378 e. The fraction of sp³-hybridized carbons (Fsp3) is 0.368. The maximum Gasteiger partial charge on any atom is 0.234 e. The molecule has 0 spiro atoms. The number of nitrogens with one attached hydrogen (secondary N) is 1. The number of carbonyl (C=O) groups is 1. The van der Waals surface area contributed by atoms with Crippen molar-refractivity contribution < 1.29 is 9.53 Å². The van der Waals surface area contributed by atoms with Crippen LogP contribution in [0, 0.1) is 13.8 Å². The highest BCUT2D eigenvalue weighted by atomic mass is 32.2. The van der Waals surface area contributed by atoms with Crippen LogP contribution in [0.15, 0.2) is 29.6 Å². The maximum absolute atomic E-state index is 12.4. The van der Waals surface area contributed by atoms with Crippen LogP contribution < -0.4 is 10.2 Å². The summed E-state index contributed by atoms with van der Waals surface area (Å²) in [4.78, 5) is 27.9. The molecule has 0 bridgehead atoms. The lowest BCUT2D eigenvalue weighted by molar-refractivity contribution is -0.113. The average molecular weight is 416 g/mol. The van der Waals surface area contributed by atoms with Crippen LogP contribution in [-0.2, 0) is 9.53 Å². The largest absolute Gasteiger partial charge is 0.378 e. The maximum atomic E-state index is 12.4. The highest BCUT2D eigenvalue weighted by Crippen LogP contribution is 2.34. The zero-order chi connectivity index (χ0) is 19.5. The second-order valence-corrected chi connectivity index (χ2v) is 8.45. The number of aryl methyl sites for hydroxylation is 1. The van der Waals surface area contributed by atoms with Crippen molar-refractivity contribution in [2.45, 2.75) is 18.9 Å². The third-order valence-electron chi connectivity index (χ3n) is 4.65. The number of carbonyl (C=O) groups excluding carboxylic acids is 1. The number of ether oxygens (including phenoxy) is 1. The molecule has 3 aromatic rings. The van der Waals surface area contributed by atoms with E-state index in [0.29, 0.717) is 18.9 Å². The Morgan fingerprint density at radius 3 is 2.93 bits per heavy atom. The molecule has 0 atom stereocenters. The topological polar surface area (TPSA) is 80.2 Å². The minimum atomic E-state index is -0.0524. The lowest BCUT2D eigenvalue weighted by Crippen LogP contribution is -2.36. The van der Waals surface area contributed by atoms with Crippen LogP contribution in [0.5, 0.6) is 0 Å². The van der Waals surface area contributed by atoms with Crippen LogP contribution in [0.3, 0.4) is 0 Å². The Kier molecular flexibility index (Phi) is 5.74. The van der Waals surface area contributed by atoms with Gasteiger partial charge in [0.2, 0.25) is 5.91 Å². The van der Waals surface area contributed by atoms with Crippen molar-refractivity contribution in [1.82, 2.24) is 15.0 Å². The van der Waals surface area contributed by atoms with E-state index in [9.17, 15) is 4.79 Å². The molecule has 1 aliphatic rings. The molecule has 1 aromatic carbocycles. The molecule has 1 aliphatic heterocycles. The molecule has 9 heteroatoms. The third-order valence-corrected chi connectivity index (χ3v) is 6.88. The Balaban J connectivity index is 1.46. The van der Waals surface area contributed by atoms with Crippen molar-refractivity contribution in [2.75, 3.05) is 42.3 Å². The highest BCUT2D eigenvalue weighted by Gasteiger charge is 2.18. The lowest BCUT2D eigenvalue weighted by atomic mass is 10.1. The molecule has 146 valence electrons. The molecule has 28 heavy (non-hydrogen) atoms. The number of thioether (sulfide) groups is 1. The number of thiazole rings is 1. The summed E-state index contributed by atoms with van der Waals surface area (Å²) in [6, 6.07) is 5.91. The van der Waals surface area contributed by atoms with Gasteiger partial charge >= 0.3 is 0 Å². The van der Waals surface area contributed by atoms with Gasteiger partial charge in [0.05, 0.1) is 19.0 Å². The zero-order valence-corrected chi connectivity index (χ0v) is 17.4. The van der Waals surface area contributed by atoms with E-state index in [1.165, 1.54) is 18.1 Å². The Bertz CT molecular complexity index is 1000. The van der Waals surface area contributed by atoms with E-state index in [2.05, 4.69) is 25.2 Å². The first-order valence-electron chi connectivity index (χ1n) is 9.05. The second kappa shape index (κ2) is 8.42. The molecule has 0 unspecified atom stereocenters. The molecule has 2 aromatic heterocycles. The zero-order valence-electron chi connectivity index (χ0n) is 15.8. The van der Waals surface area contributed by atoms with Crippen molar-refractivity contribution >= 4 is 50.2 Å². The lowest BCUT2D eigenvalue weighted by Gasteiger charge is -2.25. The van der Waals surface area contributed by atoms with Gasteiger partial charge in [0, 0.05) is 18.8 Å². The number of anilines is 2. The summed E-state index contributed by atoms with van der Waals surface area (Å²) in [6.45, 7) is 7.12.